The van der Waals surface area contributed by atoms with Crippen LogP contribution in [0.3, 0.4) is 0 Å². The van der Waals surface area contributed by atoms with E-state index < -0.39 is 0 Å². The van der Waals surface area contributed by atoms with E-state index in [1.54, 1.807) is 6.07 Å². The van der Waals surface area contributed by atoms with Gasteiger partial charge in [-0.05, 0) is 30.4 Å². The number of halogens is 1. The largest absolute Gasteiger partial charge is 0.506 e. The van der Waals surface area contributed by atoms with E-state index in [1.807, 2.05) is 11.8 Å². The van der Waals surface area contributed by atoms with Gasteiger partial charge in [0.2, 0.25) is 0 Å². The molecule has 0 spiro atoms. The molecule has 1 amide bonds. The summed E-state index contributed by atoms with van der Waals surface area (Å²) in [6.07, 6.45) is 1.02. The van der Waals surface area contributed by atoms with Crippen molar-refractivity contribution in [3.8, 4) is 5.75 Å². The molecule has 1 aliphatic heterocycles. The minimum Gasteiger partial charge on any atom is -0.506 e. The molecule has 1 aromatic rings. The van der Waals surface area contributed by atoms with Crippen molar-refractivity contribution in [3.63, 3.8) is 0 Å². The number of carbonyl (C=O) groups is 1. The Balaban J connectivity index is 2.05. The van der Waals surface area contributed by atoms with Crippen LogP contribution in [0.15, 0.2) is 18.2 Å². The number of phenols is 1. The number of hydrogen-bond acceptors (Lipinski definition) is 3. The van der Waals surface area contributed by atoms with E-state index in [-0.39, 0.29) is 22.7 Å². The standard InChI is InChI=1S/C11H12ClNO2S/c12-9-5-7(1-2-10(9)14)11(15)13-8-3-4-16-6-8/h1-2,5,8,14H,3-4,6H2,(H,13,15). The van der Waals surface area contributed by atoms with Gasteiger partial charge in [-0.25, -0.2) is 0 Å². The summed E-state index contributed by atoms with van der Waals surface area (Å²) in [6.45, 7) is 0. The lowest BCUT2D eigenvalue weighted by Crippen LogP contribution is -2.34. The summed E-state index contributed by atoms with van der Waals surface area (Å²) in [5.74, 6) is 1.93. The molecular weight excluding hydrogens is 246 g/mol. The number of benzene rings is 1. The van der Waals surface area contributed by atoms with Crippen LogP contribution in [-0.4, -0.2) is 28.6 Å². The molecule has 1 fully saturated rings. The van der Waals surface area contributed by atoms with E-state index in [0.29, 0.717) is 5.56 Å². The zero-order valence-corrected chi connectivity index (χ0v) is 10.1. The highest BCUT2D eigenvalue weighted by molar-refractivity contribution is 7.99. The fraction of sp³-hybridized carbons (Fsp3) is 0.364. The first kappa shape index (κ1) is 11.6. The topological polar surface area (TPSA) is 49.3 Å². The van der Waals surface area contributed by atoms with Crippen molar-refractivity contribution in [1.82, 2.24) is 5.32 Å². The van der Waals surface area contributed by atoms with E-state index in [4.69, 9.17) is 11.6 Å². The fourth-order valence-electron chi connectivity index (χ4n) is 1.57. The molecule has 1 saturated heterocycles. The minimum atomic E-state index is -0.130. The molecule has 0 saturated carbocycles. The first-order valence-corrected chi connectivity index (χ1v) is 6.57. The van der Waals surface area contributed by atoms with Crippen LogP contribution in [0.4, 0.5) is 0 Å². The van der Waals surface area contributed by atoms with Gasteiger partial charge >= 0.3 is 0 Å². The molecule has 16 heavy (non-hydrogen) atoms. The maximum Gasteiger partial charge on any atom is 0.251 e. The lowest BCUT2D eigenvalue weighted by molar-refractivity contribution is 0.0941. The van der Waals surface area contributed by atoms with Crippen molar-refractivity contribution >= 4 is 29.3 Å². The van der Waals surface area contributed by atoms with Crippen molar-refractivity contribution in [2.75, 3.05) is 11.5 Å². The molecule has 1 atom stereocenters. The van der Waals surface area contributed by atoms with E-state index in [1.165, 1.54) is 12.1 Å². The van der Waals surface area contributed by atoms with E-state index >= 15 is 0 Å². The molecule has 1 heterocycles. The maximum absolute atomic E-state index is 11.8. The Morgan fingerprint density at radius 1 is 1.56 bits per heavy atom. The van der Waals surface area contributed by atoms with Crippen LogP contribution in [0.25, 0.3) is 0 Å². The van der Waals surface area contributed by atoms with Gasteiger partial charge in [-0.3, -0.25) is 4.79 Å². The maximum atomic E-state index is 11.8. The van der Waals surface area contributed by atoms with Gasteiger partial charge in [-0.15, -0.1) is 0 Å². The van der Waals surface area contributed by atoms with Gasteiger partial charge in [-0.1, -0.05) is 11.6 Å². The van der Waals surface area contributed by atoms with Crippen LogP contribution < -0.4 is 5.32 Å². The van der Waals surface area contributed by atoms with Crippen LogP contribution in [0.5, 0.6) is 5.75 Å². The summed E-state index contributed by atoms with van der Waals surface area (Å²) in [5, 5.41) is 12.4. The predicted molar refractivity (Wildman–Crippen MR) is 66.3 cm³/mol. The number of phenolic OH excluding ortho intramolecular Hbond substituents is 1. The first-order valence-electron chi connectivity index (χ1n) is 5.04. The zero-order chi connectivity index (χ0) is 11.5. The third-order valence-corrected chi connectivity index (χ3v) is 3.94. The summed E-state index contributed by atoms with van der Waals surface area (Å²) >= 11 is 7.58. The van der Waals surface area contributed by atoms with Crippen LogP contribution in [0, 0.1) is 0 Å². The third-order valence-electron chi connectivity index (χ3n) is 2.47. The van der Waals surface area contributed by atoms with Crippen molar-refractivity contribution in [2.24, 2.45) is 0 Å². The normalized spacial score (nSPS) is 19.7. The zero-order valence-electron chi connectivity index (χ0n) is 8.57. The molecule has 2 N–H and O–H groups in total. The van der Waals surface area contributed by atoms with Crippen molar-refractivity contribution in [3.05, 3.63) is 28.8 Å². The summed E-state index contributed by atoms with van der Waals surface area (Å²) < 4.78 is 0. The van der Waals surface area contributed by atoms with Gasteiger partial charge in [0, 0.05) is 17.4 Å². The number of carbonyl (C=O) groups excluding carboxylic acids is 1. The molecule has 0 aromatic heterocycles. The molecule has 2 rings (SSSR count). The smallest absolute Gasteiger partial charge is 0.251 e. The van der Waals surface area contributed by atoms with Crippen LogP contribution >= 0.6 is 23.4 Å². The highest BCUT2D eigenvalue weighted by atomic mass is 35.5. The molecule has 86 valence electrons. The second-order valence-electron chi connectivity index (χ2n) is 3.70. The van der Waals surface area contributed by atoms with Gasteiger partial charge in [0.05, 0.1) is 5.02 Å². The van der Waals surface area contributed by atoms with Crippen molar-refractivity contribution in [1.29, 1.82) is 0 Å². The highest BCUT2D eigenvalue weighted by Gasteiger charge is 2.18. The monoisotopic (exact) mass is 257 g/mol. The number of amides is 1. The van der Waals surface area contributed by atoms with Gasteiger partial charge < -0.3 is 10.4 Å². The Bertz CT molecular complexity index is 405. The Labute approximate surface area is 103 Å². The number of aromatic hydroxyl groups is 1. The van der Waals surface area contributed by atoms with Crippen LogP contribution in [0.2, 0.25) is 5.02 Å². The van der Waals surface area contributed by atoms with Crippen LogP contribution in [0.1, 0.15) is 16.8 Å². The number of nitrogens with one attached hydrogen (secondary N) is 1. The van der Waals surface area contributed by atoms with Gasteiger partial charge in [0.25, 0.3) is 5.91 Å². The van der Waals surface area contributed by atoms with Gasteiger partial charge in [0.1, 0.15) is 5.75 Å². The summed E-state index contributed by atoms with van der Waals surface area (Å²) in [7, 11) is 0. The third kappa shape index (κ3) is 2.62. The molecule has 0 aliphatic carbocycles. The predicted octanol–water partition coefficient (Wildman–Crippen LogP) is 2.28. The van der Waals surface area contributed by atoms with Crippen molar-refractivity contribution < 1.29 is 9.90 Å². The van der Waals surface area contributed by atoms with E-state index in [9.17, 15) is 9.90 Å². The molecular formula is C11H12ClNO2S. The van der Waals surface area contributed by atoms with Crippen LogP contribution in [-0.2, 0) is 0 Å². The lowest BCUT2D eigenvalue weighted by Gasteiger charge is -2.11. The lowest BCUT2D eigenvalue weighted by atomic mass is 10.2. The molecule has 0 radical (unpaired) electrons. The fourth-order valence-corrected chi connectivity index (χ4v) is 2.90. The molecule has 1 aromatic carbocycles. The molecule has 1 aliphatic rings. The average molecular weight is 258 g/mol. The van der Waals surface area contributed by atoms with E-state index in [2.05, 4.69) is 5.32 Å². The first-order chi connectivity index (χ1) is 7.66. The SMILES string of the molecule is O=C(NC1CCSC1)c1ccc(O)c(Cl)c1. The Morgan fingerprint density at radius 3 is 3.00 bits per heavy atom. The van der Waals surface area contributed by atoms with Crippen molar-refractivity contribution in [2.45, 2.75) is 12.5 Å². The average Bonchev–Trinajstić information content (AvgIpc) is 2.74. The highest BCUT2D eigenvalue weighted by Crippen LogP contribution is 2.24. The quantitative estimate of drug-likeness (QED) is 0.855. The Morgan fingerprint density at radius 2 is 2.38 bits per heavy atom. The van der Waals surface area contributed by atoms with Gasteiger partial charge in [0.15, 0.2) is 0 Å². The molecule has 0 bridgehead atoms. The minimum absolute atomic E-state index is 0.00496. The van der Waals surface area contributed by atoms with E-state index in [0.717, 1.165) is 17.9 Å². The summed E-state index contributed by atoms with van der Waals surface area (Å²) in [6, 6.07) is 4.73. The number of thioether (sulfide) groups is 1. The van der Waals surface area contributed by atoms with Gasteiger partial charge in [-0.2, -0.15) is 11.8 Å². The summed E-state index contributed by atoms with van der Waals surface area (Å²) in [4.78, 5) is 11.8. The molecule has 1 unspecified atom stereocenters. The second kappa shape index (κ2) is 4.97. The summed E-state index contributed by atoms with van der Waals surface area (Å²) in [5.41, 5.74) is 0.486. The number of hydrogen-bond donors (Lipinski definition) is 2. The number of rotatable bonds is 2. The second-order valence-corrected chi connectivity index (χ2v) is 5.26. The Kier molecular flexibility index (Phi) is 3.61. The molecule has 3 nitrogen and oxygen atoms in total. The Hall–Kier alpha value is -0.870. The molecule has 5 heteroatoms.